The highest BCUT2D eigenvalue weighted by Gasteiger charge is 2.26. The highest BCUT2D eigenvalue weighted by molar-refractivity contribution is 5.80. The molecule has 36 heavy (non-hydrogen) atoms. The first kappa shape index (κ1) is 23.3. The number of hydrogen-bond donors (Lipinski definition) is 1. The van der Waals surface area contributed by atoms with Gasteiger partial charge in [-0.15, -0.1) is 5.92 Å². The van der Waals surface area contributed by atoms with Crippen LogP contribution in [0.25, 0.3) is 21.9 Å². The Hall–Kier alpha value is -4.46. The fourth-order valence-electron chi connectivity index (χ4n) is 4.68. The van der Waals surface area contributed by atoms with Gasteiger partial charge in [-0.25, -0.2) is 19.6 Å². The van der Waals surface area contributed by atoms with E-state index in [0.29, 0.717) is 42.3 Å². The molecule has 4 aromatic rings. The molecule has 1 fully saturated rings. The van der Waals surface area contributed by atoms with E-state index in [1.54, 1.807) is 17.7 Å². The second kappa shape index (κ2) is 9.65. The van der Waals surface area contributed by atoms with Crippen molar-refractivity contribution in [2.45, 2.75) is 45.8 Å². The molecule has 11 heteroatoms. The normalized spacial score (nSPS) is 15.6. The Labute approximate surface area is 206 Å². The number of carboxylic acid groups (broad SMARTS) is 1. The van der Waals surface area contributed by atoms with E-state index in [9.17, 15) is 14.7 Å². The molecule has 1 aromatic carbocycles. The summed E-state index contributed by atoms with van der Waals surface area (Å²) in [6, 6.07) is 7.46. The lowest BCUT2D eigenvalue weighted by molar-refractivity contribution is -0.251. The zero-order valence-electron chi connectivity index (χ0n) is 20.1. The zero-order valence-corrected chi connectivity index (χ0v) is 20.1. The van der Waals surface area contributed by atoms with Gasteiger partial charge in [0.05, 0.1) is 18.3 Å². The molecule has 5 rings (SSSR count). The molecule has 0 bridgehead atoms. The topological polar surface area (TPSA) is 134 Å². The Morgan fingerprint density at radius 2 is 2.06 bits per heavy atom. The molecule has 1 aliphatic heterocycles. The zero-order chi connectivity index (χ0) is 25.2. The summed E-state index contributed by atoms with van der Waals surface area (Å²) < 4.78 is 3.12. The summed E-state index contributed by atoms with van der Waals surface area (Å²) >= 11 is 0. The average Bonchev–Trinajstić information content (AvgIpc) is 3.23. The monoisotopic (exact) mass is 485 g/mol. The van der Waals surface area contributed by atoms with Gasteiger partial charge < -0.3 is 20.1 Å². The number of carbonyl (C=O) groups excluding carboxylic acids is 1. The Kier molecular flexibility index (Phi) is 6.25. The van der Waals surface area contributed by atoms with Gasteiger partial charge in [0.25, 0.3) is 5.56 Å². The number of nitrogens with one attached hydrogen (secondary N) is 1. The number of piperidine rings is 1. The summed E-state index contributed by atoms with van der Waals surface area (Å²) in [6.45, 7) is 5.13. The van der Waals surface area contributed by atoms with Crippen LogP contribution in [0.3, 0.4) is 0 Å². The predicted molar refractivity (Wildman–Crippen MR) is 132 cm³/mol. The van der Waals surface area contributed by atoms with E-state index in [1.807, 2.05) is 36.1 Å². The molecule has 11 nitrogen and oxygen atoms in total. The van der Waals surface area contributed by atoms with Crippen molar-refractivity contribution in [2.75, 3.05) is 18.0 Å². The van der Waals surface area contributed by atoms with Gasteiger partial charge in [0.1, 0.15) is 23.7 Å². The van der Waals surface area contributed by atoms with Gasteiger partial charge in [0.15, 0.2) is 5.82 Å². The number of aromatic nitrogens is 6. The first-order valence-electron chi connectivity index (χ1n) is 11.7. The van der Waals surface area contributed by atoms with E-state index in [1.165, 1.54) is 4.68 Å². The van der Waals surface area contributed by atoms with Gasteiger partial charge in [0, 0.05) is 30.2 Å². The number of anilines is 1. The van der Waals surface area contributed by atoms with Crippen LogP contribution in [0.15, 0.2) is 35.3 Å². The minimum Gasteiger partial charge on any atom is -0.530 e. The molecular weight excluding hydrogens is 460 g/mol. The molecule has 3 aromatic heterocycles. The number of para-hydroxylation sites is 1. The Morgan fingerprint density at radius 3 is 2.86 bits per heavy atom. The number of aryl methyl sites for hydroxylation is 1. The Morgan fingerprint density at radius 1 is 1.22 bits per heavy atom. The summed E-state index contributed by atoms with van der Waals surface area (Å²) in [6.07, 6.45) is 1.74. The van der Waals surface area contributed by atoms with Crippen molar-refractivity contribution in [3.8, 4) is 11.8 Å². The number of rotatable bonds is 5. The minimum atomic E-state index is -1.30. The quantitative estimate of drug-likeness (QED) is 0.411. The van der Waals surface area contributed by atoms with E-state index < -0.39 is 6.09 Å². The van der Waals surface area contributed by atoms with E-state index in [2.05, 4.69) is 32.2 Å². The molecular formula is C25H25N8O3-. The molecule has 0 spiro atoms. The number of fused-ring (bicyclic) bond motifs is 2. The average molecular weight is 486 g/mol. The molecule has 4 heterocycles. The van der Waals surface area contributed by atoms with Crippen molar-refractivity contribution in [2.24, 2.45) is 0 Å². The minimum absolute atomic E-state index is 0.113. The maximum Gasteiger partial charge on any atom is 0.293 e. The van der Waals surface area contributed by atoms with E-state index in [-0.39, 0.29) is 24.7 Å². The van der Waals surface area contributed by atoms with Crippen molar-refractivity contribution in [1.29, 1.82) is 0 Å². The largest absolute Gasteiger partial charge is 0.530 e. The molecule has 0 saturated carbocycles. The summed E-state index contributed by atoms with van der Waals surface area (Å²) in [7, 11) is 0. The molecule has 1 saturated heterocycles. The second-order valence-electron chi connectivity index (χ2n) is 8.73. The maximum absolute atomic E-state index is 13.6. The van der Waals surface area contributed by atoms with Crippen molar-refractivity contribution in [3.05, 3.63) is 52.3 Å². The van der Waals surface area contributed by atoms with Crippen LogP contribution in [0.1, 0.15) is 31.3 Å². The first-order valence-corrected chi connectivity index (χ1v) is 11.7. The van der Waals surface area contributed by atoms with Crippen LogP contribution in [0, 0.1) is 18.8 Å². The molecule has 184 valence electrons. The number of imidazole rings is 1. The third kappa shape index (κ3) is 4.45. The number of amides is 1. The maximum atomic E-state index is 13.6. The second-order valence-corrected chi connectivity index (χ2v) is 8.73. The third-order valence-electron chi connectivity index (χ3n) is 6.30. The number of hydrogen-bond acceptors (Lipinski definition) is 8. The molecule has 1 N–H and O–H groups in total. The van der Waals surface area contributed by atoms with Crippen molar-refractivity contribution >= 4 is 34.0 Å². The lowest BCUT2D eigenvalue weighted by Gasteiger charge is -2.34. The van der Waals surface area contributed by atoms with Crippen LogP contribution in [0.4, 0.5) is 10.7 Å². The third-order valence-corrected chi connectivity index (χ3v) is 6.30. The van der Waals surface area contributed by atoms with Crippen LogP contribution in [0.2, 0.25) is 0 Å². The van der Waals surface area contributed by atoms with Crippen molar-refractivity contribution in [1.82, 2.24) is 34.6 Å². The van der Waals surface area contributed by atoms with Gasteiger partial charge in [-0.3, -0.25) is 9.36 Å². The lowest BCUT2D eigenvalue weighted by Crippen LogP contribution is -2.51. The van der Waals surface area contributed by atoms with E-state index in [4.69, 9.17) is 4.98 Å². The molecule has 1 aliphatic rings. The standard InChI is InChI=1S/C25H26N8O3/c1-3-4-12-32-22-20(30-24(32)31-11-7-8-17(14-31)28-25(35)36)13-26-33(23(22)34)15-21-27-16(2)18-9-5-6-10-19(18)29-21/h5-6,9-10,13,17,28H,7-8,11-12,14-15H2,1-2H3,(H,35,36)/p-1. The molecule has 1 atom stereocenters. The fourth-order valence-corrected chi connectivity index (χ4v) is 4.68. The van der Waals surface area contributed by atoms with Crippen molar-refractivity contribution < 1.29 is 9.90 Å². The van der Waals surface area contributed by atoms with Gasteiger partial charge in [-0.05, 0) is 32.8 Å². The van der Waals surface area contributed by atoms with Crippen molar-refractivity contribution in [3.63, 3.8) is 0 Å². The van der Waals surface area contributed by atoms with Crippen LogP contribution in [0.5, 0.6) is 0 Å². The summed E-state index contributed by atoms with van der Waals surface area (Å²) in [5.41, 5.74) is 2.16. The molecule has 0 radical (unpaired) electrons. The summed E-state index contributed by atoms with van der Waals surface area (Å²) in [4.78, 5) is 40.5. The van der Waals surface area contributed by atoms with Crippen LogP contribution >= 0.6 is 0 Å². The van der Waals surface area contributed by atoms with Gasteiger partial charge in [-0.2, -0.15) is 5.10 Å². The van der Waals surface area contributed by atoms with E-state index >= 15 is 0 Å². The molecule has 0 aliphatic carbocycles. The first-order chi connectivity index (χ1) is 17.4. The molecule has 1 unspecified atom stereocenters. The van der Waals surface area contributed by atoms with Crippen LogP contribution in [-0.4, -0.2) is 54.5 Å². The number of nitrogens with zero attached hydrogens (tertiary/aromatic N) is 7. The number of benzene rings is 1. The summed E-state index contributed by atoms with van der Waals surface area (Å²) in [5, 5.41) is 18.8. The summed E-state index contributed by atoms with van der Waals surface area (Å²) in [5.74, 6) is 6.95. The van der Waals surface area contributed by atoms with Gasteiger partial charge in [-0.1, -0.05) is 24.1 Å². The Bertz CT molecular complexity index is 1580. The van der Waals surface area contributed by atoms with Crippen LogP contribution in [-0.2, 0) is 13.1 Å². The highest BCUT2D eigenvalue weighted by Crippen LogP contribution is 2.23. The molecule has 1 amide bonds. The lowest BCUT2D eigenvalue weighted by atomic mass is 10.1. The SMILES string of the molecule is CC#CCn1c(N2CCCC(NC(=O)[O-])C2)nc2cnn(Cc3nc(C)c4ccccc4n3)c(=O)c21. The smallest absolute Gasteiger partial charge is 0.293 e. The van der Waals surface area contributed by atoms with E-state index in [0.717, 1.165) is 23.0 Å². The number of carbonyl (C=O) groups is 1. The fraction of sp³-hybridized carbons (Fsp3) is 0.360. The predicted octanol–water partition coefficient (Wildman–Crippen LogP) is 0.818. The highest BCUT2D eigenvalue weighted by atomic mass is 16.4. The Balaban J connectivity index is 1.55. The van der Waals surface area contributed by atoms with Gasteiger partial charge in [0.2, 0.25) is 5.95 Å². The van der Waals surface area contributed by atoms with Crippen LogP contribution < -0.4 is 20.9 Å². The van der Waals surface area contributed by atoms with Gasteiger partial charge >= 0.3 is 0 Å².